The average molecular weight is 245 g/mol. The van der Waals surface area contributed by atoms with Gasteiger partial charge in [-0.05, 0) is 30.9 Å². The van der Waals surface area contributed by atoms with Crippen LogP contribution < -0.4 is 0 Å². The highest BCUT2D eigenvalue weighted by atomic mass is 16.5. The molecule has 0 aliphatic heterocycles. The summed E-state index contributed by atoms with van der Waals surface area (Å²) >= 11 is 0. The highest BCUT2D eigenvalue weighted by molar-refractivity contribution is 5.83. The van der Waals surface area contributed by atoms with Crippen LogP contribution in [0.5, 0.6) is 0 Å². The summed E-state index contributed by atoms with van der Waals surface area (Å²) in [7, 11) is 0. The van der Waals surface area contributed by atoms with E-state index in [4.69, 9.17) is 4.74 Å². The smallest absolute Gasteiger partial charge is 0.325 e. The van der Waals surface area contributed by atoms with Crippen molar-refractivity contribution in [3.63, 3.8) is 0 Å². The minimum absolute atomic E-state index is 0.159. The van der Waals surface area contributed by atoms with E-state index < -0.39 is 0 Å². The van der Waals surface area contributed by atoms with Crippen LogP contribution in [0.3, 0.4) is 0 Å². The molecule has 2 rings (SSSR count). The third-order valence-electron chi connectivity index (χ3n) is 3.07. The van der Waals surface area contributed by atoms with Crippen LogP contribution in [0.25, 0.3) is 10.9 Å². The maximum Gasteiger partial charge on any atom is 0.325 e. The van der Waals surface area contributed by atoms with Crippen LogP contribution >= 0.6 is 0 Å². The summed E-state index contributed by atoms with van der Waals surface area (Å²) in [5.74, 6) is -0.159. The third-order valence-corrected chi connectivity index (χ3v) is 3.07. The largest absolute Gasteiger partial charge is 0.464 e. The zero-order valence-electron chi connectivity index (χ0n) is 11.0. The SMILES string of the molecule is CCCCOC(=O)Cn1c(C)cc2ccccc21. The van der Waals surface area contributed by atoms with Crippen molar-refractivity contribution in [2.45, 2.75) is 33.2 Å². The minimum Gasteiger partial charge on any atom is -0.464 e. The van der Waals surface area contributed by atoms with E-state index in [0.29, 0.717) is 13.2 Å². The predicted octanol–water partition coefficient (Wildman–Crippen LogP) is 3.29. The zero-order valence-corrected chi connectivity index (χ0v) is 11.0. The standard InChI is InChI=1S/C15H19NO2/c1-3-4-9-18-15(17)11-16-12(2)10-13-7-5-6-8-14(13)16/h5-8,10H,3-4,9,11H2,1-2H3. The van der Waals surface area contributed by atoms with Gasteiger partial charge in [0, 0.05) is 11.2 Å². The Kier molecular flexibility index (Phi) is 4.03. The van der Waals surface area contributed by atoms with E-state index in [1.807, 2.05) is 29.7 Å². The highest BCUT2D eigenvalue weighted by Crippen LogP contribution is 2.19. The lowest BCUT2D eigenvalue weighted by molar-refractivity contribution is -0.144. The van der Waals surface area contributed by atoms with E-state index in [1.54, 1.807) is 0 Å². The Labute approximate surface area is 107 Å². The van der Waals surface area contributed by atoms with Gasteiger partial charge in [0.05, 0.1) is 6.61 Å². The van der Waals surface area contributed by atoms with Gasteiger partial charge in [0.1, 0.15) is 6.54 Å². The van der Waals surface area contributed by atoms with Crippen LogP contribution in [0.4, 0.5) is 0 Å². The van der Waals surface area contributed by atoms with Gasteiger partial charge in [-0.25, -0.2) is 0 Å². The van der Waals surface area contributed by atoms with E-state index in [1.165, 1.54) is 0 Å². The molecule has 1 aromatic carbocycles. The molecule has 2 aromatic rings. The molecule has 0 fully saturated rings. The molecule has 3 nitrogen and oxygen atoms in total. The van der Waals surface area contributed by atoms with Crippen LogP contribution in [0.1, 0.15) is 25.5 Å². The van der Waals surface area contributed by atoms with Crippen molar-refractivity contribution in [3.05, 3.63) is 36.0 Å². The quantitative estimate of drug-likeness (QED) is 0.598. The first kappa shape index (κ1) is 12.7. The fourth-order valence-corrected chi connectivity index (χ4v) is 2.06. The van der Waals surface area contributed by atoms with Crippen LogP contribution in [0.15, 0.2) is 30.3 Å². The molecule has 18 heavy (non-hydrogen) atoms. The number of ether oxygens (including phenoxy) is 1. The molecule has 0 unspecified atom stereocenters. The zero-order chi connectivity index (χ0) is 13.0. The second kappa shape index (κ2) is 5.71. The van der Waals surface area contributed by atoms with Gasteiger partial charge in [-0.1, -0.05) is 31.5 Å². The minimum atomic E-state index is -0.159. The molecule has 3 heteroatoms. The van der Waals surface area contributed by atoms with Gasteiger partial charge in [-0.15, -0.1) is 0 Å². The molecule has 96 valence electrons. The van der Waals surface area contributed by atoms with E-state index in [-0.39, 0.29) is 5.97 Å². The summed E-state index contributed by atoms with van der Waals surface area (Å²) in [6.07, 6.45) is 1.97. The molecular formula is C15H19NO2. The predicted molar refractivity (Wildman–Crippen MR) is 72.5 cm³/mol. The number of rotatable bonds is 5. The van der Waals surface area contributed by atoms with Crippen LogP contribution in [0, 0.1) is 6.92 Å². The number of carbonyl (C=O) groups excluding carboxylic acids is 1. The Hall–Kier alpha value is -1.77. The lowest BCUT2D eigenvalue weighted by Gasteiger charge is -2.08. The lowest BCUT2D eigenvalue weighted by atomic mass is 10.2. The van der Waals surface area contributed by atoms with Crippen LogP contribution in [0.2, 0.25) is 0 Å². The van der Waals surface area contributed by atoms with Gasteiger partial charge >= 0.3 is 5.97 Å². The molecule has 1 aromatic heterocycles. The lowest BCUT2D eigenvalue weighted by Crippen LogP contribution is -2.14. The molecule has 1 heterocycles. The summed E-state index contributed by atoms with van der Waals surface area (Å²) in [5, 5.41) is 1.16. The third kappa shape index (κ3) is 2.73. The fourth-order valence-electron chi connectivity index (χ4n) is 2.06. The number of aryl methyl sites for hydroxylation is 1. The molecule has 0 spiro atoms. The fraction of sp³-hybridized carbons (Fsp3) is 0.400. The first-order chi connectivity index (χ1) is 8.72. The Morgan fingerprint density at radius 1 is 1.33 bits per heavy atom. The van der Waals surface area contributed by atoms with Crippen molar-refractivity contribution < 1.29 is 9.53 Å². The average Bonchev–Trinajstić information content (AvgIpc) is 2.67. The van der Waals surface area contributed by atoms with Gasteiger partial charge in [0.15, 0.2) is 0 Å². The Morgan fingerprint density at radius 2 is 2.11 bits per heavy atom. The second-order valence-electron chi connectivity index (χ2n) is 4.50. The number of hydrogen-bond acceptors (Lipinski definition) is 2. The van der Waals surface area contributed by atoms with Gasteiger partial charge < -0.3 is 9.30 Å². The molecule has 0 saturated heterocycles. The molecule has 0 amide bonds. The number of esters is 1. The Balaban J connectivity index is 2.11. The number of benzene rings is 1. The van der Waals surface area contributed by atoms with Gasteiger partial charge in [0.25, 0.3) is 0 Å². The van der Waals surface area contributed by atoms with Gasteiger partial charge in [-0.2, -0.15) is 0 Å². The summed E-state index contributed by atoms with van der Waals surface area (Å²) in [6.45, 7) is 4.91. The number of nitrogens with zero attached hydrogens (tertiary/aromatic N) is 1. The number of unbranched alkanes of at least 4 members (excludes halogenated alkanes) is 1. The van der Waals surface area contributed by atoms with E-state index in [9.17, 15) is 4.79 Å². The monoisotopic (exact) mass is 245 g/mol. The topological polar surface area (TPSA) is 31.2 Å². The maximum absolute atomic E-state index is 11.7. The summed E-state index contributed by atoms with van der Waals surface area (Å²) in [5.41, 5.74) is 2.17. The molecule has 0 atom stereocenters. The maximum atomic E-state index is 11.7. The normalized spacial score (nSPS) is 10.8. The number of aromatic nitrogens is 1. The van der Waals surface area contributed by atoms with Crippen molar-refractivity contribution in [1.82, 2.24) is 4.57 Å². The van der Waals surface area contributed by atoms with Crippen molar-refractivity contribution in [2.24, 2.45) is 0 Å². The molecule has 0 bridgehead atoms. The van der Waals surface area contributed by atoms with Crippen LogP contribution in [-0.2, 0) is 16.1 Å². The molecular weight excluding hydrogens is 226 g/mol. The van der Waals surface area contributed by atoms with Gasteiger partial charge in [-0.3, -0.25) is 4.79 Å². The highest BCUT2D eigenvalue weighted by Gasteiger charge is 2.09. The number of para-hydroxylation sites is 1. The Morgan fingerprint density at radius 3 is 2.89 bits per heavy atom. The summed E-state index contributed by atoms with van der Waals surface area (Å²) in [4.78, 5) is 11.7. The second-order valence-corrected chi connectivity index (χ2v) is 4.50. The Bertz CT molecular complexity index is 542. The first-order valence-corrected chi connectivity index (χ1v) is 6.43. The summed E-state index contributed by atoms with van der Waals surface area (Å²) < 4.78 is 7.20. The number of fused-ring (bicyclic) bond motifs is 1. The number of hydrogen-bond donors (Lipinski definition) is 0. The number of carbonyl (C=O) groups is 1. The molecule has 0 radical (unpaired) electrons. The van der Waals surface area contributed by atoms with Crippen molar-refractivity contribution in [1.29, 1.82) is 0 Å². The van der Waals surface area contributed by atoms with E-state index >= 15 is 0 Å². The van der Waals surface area contributed by atoms with E-state index in [0.717, 1.165) is 29.4 Å². The van der Waals surface area contributed by atoms with Gasteiger partial charge in [0.2, 0.25) is 0 Å². The van der Waals surface area contributed by atoms with Crippen molar-refractivity contribution >= 4 is 16.9 Å². The molecule has 0 aliphatic rings. The van der Waals surface area contributed by atoms with Crippen molar-refractivity contribution in [2.75, 3.05) is 6.61 Å². The molecule has 0 aliphatic carbocycles. The molecule has 0 N–H and O–H groups in total. The molecule has 0 saturated carbocycles. The van der Waals surface area contributed by atoms with E-state index in [2.05, 4.69) is 19.1 Å². The first-order valence-electron chi connectivity index (χ1n) is 6.43. The van der Waals surface area contributed by atoms with Crippen LogP contribution in [-0.4, -0.2) is 17.1 Å². The summed E-state index contributed by atoms with van der Waals surface area (Å²) in [6, 6.07) is 10.2. The van der Waals surface area contributed by atoms with Crippen molar-refractivity contribution in [3.8, 4) is 0 Å².